The van der Waals surface area contributed by atoms with Crippen molar-refractivity contribution in [1.82, 2.24) is 5.32 Å². The topological polar surface area (TPSA) is 93.7 Å². The SMILES string of the molecule is CCOC(=O)Oc1ccc(C(=O)Nc2ccc(CNC(=O)/C=C(\C)C(C)(C)C)cc2)cc1. The highest BCUT2D eigenvalue weighted by Crippen LogP contribution is 2.24. The first-order chi connectivity index (χ1) is 15.1. The fourth-order valence-corrected chi connectivity index (χ4v) is 2.48. The fraction of sp³-hybridized carbons (Fsp3) is 0.320. The van der Waals surface area contributed by atoms with Gasteiger partial charge in [0.15, 0.2) is 0 Å². The molecule has 0 aromatic heterocycles. The molecule has 0 heterocycles. The number of allylic oxidation sites excluding steroid dienone is 1. The lowest BCUT2D eigenvalue weighted by atomic mass is 9.87. The Balaban J connectivity index is 1.88. The first-order valence-corrected chi connectivity index (χ1v) is 10.4. The molecule has 0 aliphatic rings. The molecule has 170 valence electrons. The summed E-state index contributed by atoms with van der Waals surface area (Å²) in [6, 6.07) is 13.4. The van der Waals surface area contributed by atoms with Crippen molar-refractivity contribution in [3.8, 4) is 5.75 Å². The third-order valence-corrected chi connectivity index (χ3v) is 4.79. The zero-order valence-electron chi connectivity index (χ0n) is 19.2. The van der Waals surface area contributed by atoms with Crippen molar-refractivity contribution >= 4 is 23.7 Å². The highest BCUT2D eigenvalue weighted by molar-refractivity contribution is 6.04. The summed E-state index contributed by atoms with van der Waals surface area (Å²) in [5, 5.41) is 5.67. The van der Waals surface area contributed by atoms with Crippen LogP contribution in [0.25, 0.3) is 0 Å². The van der Waals surface area contributed by atoms with Crippen molar-refractivity contribution in [2.24, 2.45) is 5.41 Å². The van der Waals surface area contributed by atoms with Crippen LogP contribution >= 0.6 is 0 Å². The second kappa shape index (κ2) is 11.1. The van der Waals surface area contributed by atoms with E-state index in [2.05, 4.69) is 31.4 Å². The van der Waals surface area contributed by atoms with E-state index in [9.17, 15) is 14.4 Å². The number of ether oxygens (including phenoxy) is 2. The number of hydrogen-bond acceptors (Lipinski definition) is 5. The van der Waals surface area contributed by atoms with Crippen LogP contribution in [0.4, 0.5) is 10.5 Å². The van der Waals surface area contributed by atoms with Crippen molar-refractivity contribution in [2.45, 2.75) is 41.2 Å². The Hall–Kier alpha value is -3.61. The normalized spacial score (nSPS) is 11.5. The number of anilines is 1. The quantitative estimate of drug-likeness (QED) is 0.357. The monoisotopic (exact) mass is 438 g/mol. The van der Waals surface area contributed by atoms with Crippen LogP contribution in [0.3, 0.4) is 0 Å². The Morgan fingerprint density at radius 3 is 2.16 bits per heavy atom. The summed E-state index contributed by atoms with van der Waals surface area (Å²) in [6.45, 7) is 10.4. The van der Waals surface area contributed by atoms with Crippen LogP contribution in [-0.4, -0.2) is 24.6 Å². The lowest BCUT2D eigenvalue weighted by Gasteiger charge is -2.19. The zero-order valence-corrected chi connectivity index (χ0v) is 19.2. The average molecular weight is 439 g/mol. The maximum absolute atomic E-state index is 12.4. The van der Waals surface area contributed by atoms with Crippen LogP contribution in [0.1, 0.15) is 50.5 Å². The van der Waals surface area contributed by atoms with E-state index >= 15 is 0 Å². The van der Waals surface area contributed by atoms with Gasteiger partial charge in [0.05, 0.1) is 6.61 Å². The van der Waals surface area contributed by atoms with Gasteiger partial charge in [-0.05, 0) is 61.2 Å². The highest BCUT2D eigenvalue weighted by Gasteiger charge is 2.14. The lowest BCUT2D eigenvalue weighted by Crippen LogP contribution is -2.22. The number of carbonyl (C=O) groups excluding carboxylic acids is 3. The molecule has 2 amide bonds. The number of amides is 2. The Labute approximate surface area is 188 Å². The molecule has 32 heavy (non-hydrogen) atoms. The molecule has 7 nitrogen and oxygen atoms in total. The van der Waals surface area contributed by atoms with E-state index in [1.54, 1.807) is 37.3 Å². The van der Waals surface area contributed by atoms with Gasteiger partial charge in [-0.25, -0.2) is 4.79 Å². The molecule has 2 aromatic rings. The third-order valence-electron chi connectivity index (χ3n) is 4.79. The number of hydrogen-bond donors (Lipinski definition) is 2. The number of nitrogens with one attached hydrogen (secondary N) is 2. The predicted molar refractivity (Wildman–Crippen MR) is 124 cm³/mol. The van der Waals surface area contributed by atoms with Gasteiger partial charge in [-0.3, -0.25) is 9.59 Å². The first-order valence-electron chi connectivity index (χ1n) is 10.4. The minimum Gasteiger partial charge on any atom is -0.434 e. The van der Waals surface area contributed by atoms with Crippen LogP contribution < -0.4 is 15.4 Å². The maximum atomic E-state index is 12.4. The van der Waals surface area contributed by atoms with Crippen molar-refractivity contribution < 1.29 is 23.9 Å². The van der Waals surface area contributed by atoms with Crippen LogP contribution in [0.2, 0.25) is 0 Å². The summed E-state index contributed by atoms with van der Waals surface area (Å²) in [6.07, 6.45) is 0.832. The molecule has 2 aromatic carbocycles. The first kappa shape index (κ1) is 24.7. The van der Waals surface area contributed by atoms with Crippen molar-refractivity contribution in [3.63, 3.8) is 0 Å². The molecule has 0 bridgehead atoms. The lowest BCUT2D eigenvalue weighted by molar-refractivity contribution is -0.116. The second-order valence-corrected chi connectivity index (χ2v) is 8.26. The van der Waals surface area contributed by atoms with Gasteiger partial charge in [-0.15, -0.1) is 0 Å². The van der Waals surface area contributed by atoms with Gasteiger partial charge >= 0.3 is 6.16 Å². The van der Waals surface area contributed by atoms with Crippen molar-refractivity contribution in [1.29, 1.82) is 0 Å². The van der Waals surface area contributed by atoms with Gasteiger partial charge in [0.25, 0.3) is 5.91 Å². The van der Waals surface area contributed by atoms with E-state index in [0.29, 0.717) is 23.5 Å². The second-order valence-electron chi connectivity index (χ2n) is 8.26. The van der Waals surface area contributed by atoms with Gasteiger partial charge in [0.2, 0.25) is 5.91 Å². The zero-order chi connectivity index (χ0) is 23.7. The molecular weight excluding hydrogens is 408 g/mol. The molecule has 0 fully saturated rings. The molecule has 0 aliphatic carbocycles. The van der Waals surface area contributed by atoms with E-state index in [-0.39, 0.29) is 23.8 Å². The smallest absolute Gasteiger partial charge is 0.434 e. The van der Waals surface area contributed by atoms with Gasteiger partial charge in [0.1, 0.15) is 5.75 Å². The van der Waals surface area contributed by atoms with Gasteiger partial charge < -0.3 is 20.1 Å². The fourth-order valence-electron chi connectivity index (χ4n) is 2.48. The molecule has 0 unspecified atom stereocenters. The average Bonchev–Trinajstić information content (AvgIpc) is 2.73. The van der Waals surface area contributed by atoms with Crippen LogP contribution in [0.15, 0.2) is 60.2 Å². The Morgan fingerprint density at radius 2 is 1.59 bits per heavy atom. The van der Waals surface area contributed by atoms with Crippen molar-refractivity contribution in [3.05, 3.63) is 71.3 Å². The molecule has 0 spiro atoms. The Bertz CT molecular complexity index is 971. The van der Waals surface area contributed by atoms with Gasteiger partial charge in [0, 0.05) is 23.9 Å². The van der Waals surface area contributed by atoms with E-state index in [0.717, 1.165) is 11.1 Å². The molecule has 7 heteroatoms. The Kier molecular flexibility index (Phi) is 8.58. The van der Waals surface area contributed by atoms with E-state index in [1.165, 1.54) is 12.1 Å². The summed E-state index contributed by atoms with van der Waals surface area (Å²) in [4.78, 5) is 35.8. The van der Waals surface area contributed by atoms with Gasteiger partial charge in [-0.1, -0.05) is 38.5 Å². The number of rotatable bonds is 7. The minimum atomic E-state index is -0.790. The van der Waals surface area contributed by atoms with E-state index in [4.69, 9.17) is 9.47 Å². The van der Waals surface area contributed by atoms with E-state index in [1.807, 2.05) is 19.1 Å². The summed E-state index contributed by atoms with van der Waals surface area (Å²) >= 11 is 0. The largest absolute Gasteiger partial charge is 0.513 e. The van der Waals surface area contributed by atoms with Crippen LogP contribution in [0, 0.1) is 5.41 Å². The minimum absolute atomic E-state index is 0.0502. The maximum Gasteiger partial charge on any atom is 0.513 e. The molecule has 2 N–H and O–H groups in total. The van der Waals surface area contributed by atoms with Crippen molar-refractivity contribution in [2.75, 3.05) is 11.9 Å². The van der Waals surface area contributed by atoms with Crippen LogP contribution in [0.5, 0.6) is 5.75 Å². The molecule has 0 atom stereocenters. The summed E-state index contributed by atoms with van der Waals surface area (Å²) in [7, 11) is 0. The predicted octanol–water partition coefficient (Wildman–Crippen LogP) is 5.08. The molecule has 0 saturated heterocycles. The number of benzene rings is 2. The molecular formula is C25H30N2O5. The third kappa shape index (κ3) is 7.91. The Morgan fingerprint density at radius 1 is 0.969 bits per heavy atom. The van der Waals surface area contributed by atoms with Gasteiger partial charge in [-0.2, -0.15) is 0 Å². The van der Waals surface area contributed by atoms with E-state index < -0.39 is 6.16 Å². The molecule has 0 radical (unpaired) electrons. The molecule has 0 aliphatic heterocycles. The molecule has 0 saturated carbocycles. The molecule has 2 rings (SSSR count). The summed E-state index contributed by atoms with van der Waals surface area (Å²) < 4.78 is 9.68. The van der Waals surface area contributed by atoms with Crippen LogP contribution in [-0.2, 0) is 16.1 Å². The standard InChI is InChI=1S/C25H30N2O5/c1-6-31-24(30)32-21-13-9-19(10-14-21)23(29)27-20-11-7-18(8-12-20)16-26-22(28)15-17(2)25(3,4)5/h7-15H,6,16H2,1-5H3,(H,26,28)(H,27,29)/b17-15+. The summed E-state index contributed by atoms with van der Waals surface area (Å²) in [5.74, 6) is -0.138. The number of carbonyl (C=O) groups is 3. The highest BCUT2D eigenvalue weighted by atomic mass is 16.7. The summed E-state index contributed by atoms with van der Waals surface area (Å²) in [5.41, 5.74) is 2.91.